The third-order valence-electron chi connectivity index (χ3n) is 4.36. The van der Waals surface area contributed by atoms with Crippen molar-refractivity contribution in [2.45, 2.75) is 17.2 Å². The number of amidine groups is 1. The number of nitrogens with zero attached hydrogens (tertiary/aromatic N) is 2. The highest BCUT2D eigenvalue weighted by Crippen LogP contribution is 2.36. The van der Waals surface area contributed by atoms with E-state index in [1.54, 1.807) is 42.5 Å². The summed E-state index contributed by atoms with van der Waals surface area (Å²) in [4.78, 5) is 2.05. The molecule has 0 saturated carbocycles. The molecule has 0 spiro atoms. The molecular formula is C21H17FN2O2S2. The number of hydrogen-bond donors (Lipinski definition) is 0. The van der Waals surface area contributed by atoms with Gasteiger partial charge in [0.1, 0.15) is 10.7 Å². The van der Waals surface area contributed by atoms with E-state index >= 15 is 0 Å². The number of sulfonamides is 1. The van der Waals surface area contributed by atoms with Gasteiger partial charge in [0.2, 0.25) is 0 Å². The molecular weight excluding hydrogens is 395 g/mol. The minimum atomic E-state index is -3.80. The Balaban J connectivity index is 1.71. The monoisotopic (exact) mass is 412 g/mol. The normalized spacial score (nSPS) is 15.0. The Hall–Kier alpha value is -2.64. The number of para-hydroxylation sites is 1. The van der Waals surface area contributed by atoms with Gasteiger partial charge in [0, 0.05) is 5.75 Å². The molecule has 4 nitrogen and oxygen atoms in total. The highest BCUT2D eigenvalue weighted by molar-refractivity contribution is 8.14. The van der Waals surface area contributed by atoms with Crippen molar-refractivity contribution in [3.05, 3.63) is 95.8 Å². The molecule has 3 aromatic carbocycles. The zero-order valence-corrected chi connectivity index (χ0v) is 16.5. The SMILES string of the molecule is O=S1(=O)N=C(SCc2ccccc2F)N(Cc2ccccc2)c2ccccc21. The highest BCUT2D eigenvalue weighted by atomic mass is 32.2. The number of fused-ring (bicyclic) bond motifs is 1. The van der Waals surface area contributed by atoms with Gasteiger partial charge in [-0.3, -0.25) is 0 Å². The molecule has 4 rings (SSSR count). The maximum absolute atomic E-state index is 14.0. The summed E-state index contributed by atoms with van der Waals surface area (Å²) in [7, 11) is -3.80. The molecule has 0 unspecified atom stereocenters. The van der Waals surface area contributed by atoms with Gasteiger partial charge in [-0.15, -0.1) is 4.40 Å². The van der Waals surface area contributed by atoms with Crippen LogP contribution in [0.1, 0.15) is 11.1 Å². The Morgan fingerprint density at radius 1 is 0.893 bits per heavy atom. The smallest absolute Gasteiger partial charge is 0.286 e. The molecule has 0 aliphatic carbocycles. The molecule has 0 radical (unpaired) electrons. The zero-order valence-electron chi connectivity index (χ0n) is 14.8. The minimum absolute atomic E-state index is 0.182. The molecule has 0 atom stereocenters. The zero-order chi connectivity index (χ0) is 19.6. The Morgan fingerprint density at radius 2 is 1.57 bits per heavy atom. The van der Waals surface area contributed by atoms with Crippen molar-refractivity contribution in [3.63, 3.8) is 0 Å². The van der Waals surface area contributed by atoms with Crippen molar-refractivity contribution in [1.82, 2.24) is 0 Å². The van der Waals surface area contributed by atoms with Crippen molar-refractivity contribution < 1.29 is 12.8 Å². The third kappa shape index (κ3) is 3.81. The second-order valence-electron chi connectivity index (χ2n) is 6.27. The van der Waals surface area contributed by atoms with Gasteiger partial charge in [0.15, 0.2) is 5.17 Å². The number of rotatable bonds is 4. The maximum Gasteiger partial charge on any atom is 0.286 e. The van der Waals surface area contributed by atoms with E-state index in [2.05, 4.69) is 4.40 Å². The summed E-state index contributed by atoms with van der Waals surface area (Å²) in [6.45, 7) is 0.469. The molecule has 1 heterocycles. The average molecular weight is 413 g/mol. The van der Waals surface area contributed by atoms with Gasteiger partial charge in [-0.1, -0.05) is 72.4 Å². The molecule has 0 N–H and O–H groups in total. The van der Waals surface area contributed by atoms with Crippen molar-refractivity contribution in [3.8, 4) is 0 Å². The van der Waals surface area contributed by atoms with Crippen LogP contribution < -0.4 is 4.90 Å². The number of benzene rings is 3. The van der Waals surface area contributed by atoms with Crippen LogP contribution in [-0.2, 0) is 22.3 Å². The number of halogens is 1. The van der Waals surface area contributed by atoms with Gasteiger partial charge in [-0.05, 0) is 29.3 Å². The average Bonchev–Trinajstić information content (AvgIpc) is 2.71. The molecule has 0 aromatic heterocycles. The van der Waals surface area contributed by atoms with Crippen molar-refractivity contribution in [2.24, 2.45) is 4.40 Å². The second kappa shape index (κ2) is 7.77. The summed E-state index contributed by atoms with van der Waals surface area (Å²) in [6, 6.07) is 23.0. The van der Waals surface area contributed by atoms with E-state index in [0.717, 1.165) is 5.56 Å². The molecule has 28 heavy (non-hydrogen) atoms. The van der Waals surface area contributed by atoms with Crippen LogP contribution in [0.25, 0.3) is 0 Å². The molecule has 0 bridgehead atoms. The molecule has 3 aromatic rings. The fraction of sp³-hybridized carbons (Fsp3) is 0.0952. The quantitative estimate of drug-likeness (QED) is 0.616. The summed E-state index contributed by atoms with van der Waals surface area (Å²) in [6.07, 6.45) is 0. The van der Waals surface area contributed by atoms with Gasteiger partial charge in [-0.2, -0.15) is 8.42 Å². The predicted molar refractivity (Wildman–Crippen MR) is 111 cm³/mol. The fourth-order valence-corrected chi connectivity index (χ4v) is 5.42. The van der Waals surface area contributed by atoms with Gasteiger partial charge in [0.05, 0.1) is 12.2 Å². The van der Waals surface area contributed by atoms with E-state index in [1.165, 1.54) is 17.8 Å². The van der Waals surface area contributed by atoms with Gasteiger partial charge >= 0.3 is 0 Å². The summed E-state index contributed by atoms with van der Waals surface area (Å²) in [5.74, 6) is -0.0293. The van der Waals surface area contributed by atoms with E-state index in [0.29, 0.717) is 23.0 Å². The maximum atomic E-state index is 14.0. The first-order valence-electron chi connectivity index (χ1n) is 8.66. The highest BCUT2D eigenvalue weighted by Gasteiger charge is 2.31. The van der Waals surface area contributed by atoms with Crippen LogP contribution in [-0.4, -0.2) is 13.6 Å². The van der Waals surface area contributed by atoms with Crippen LogP contribution in [0.2, 0.25) is 0 Å². The van der Waals surface area contributed by atoms with Crippen LogP contribution in [0.5, 0.6) is 0 Å². The summed E-state index contributed by atoms with van der Waals surface area (Å²) >= 11 is 1.21. The Morgan fingerprint density at radius 3 is 2.36 bits per heavy atom. The van der Waals surface area contributed by atoms with E-state index in [4.69, 9.17) is 0 Å². The molecule has 1 aliphatic heterocycles. The molecule has 1 aliphatic rings. The first-order valence-corrected chi connectivity index (χ1v) is 11.1. The predicted octanol–water partition coefficient (Wildman–Crippen LogP) is 4.82. The van der Waals surface area contributed by atoms with Crippen LogP contribution in [0, 0.1) is 5.82 Å². The standard InChI is InChI=1S/C21H17FN2O2S2/c22-18-11-5-4-10-17(18)15-27-21-23-28(25,26)20-13-7-6-12-19(20)24(21)14-16-8-2-1-3-9-16/h1-13H,14-15H2. The van der Waals surface area contributed by atoms with Gasteiger partial charge < -0.3 is 4.90 Å². The number of thioether (sulfide) groups is 1. The summed E-state index contributed by atoms with van der Waals surface area (Å²) in [5, 5.41) is 0.339. The lowest BCUT2D eigenvalue weighted by molar-refractivity contribution is 0.597. The van der Waals surface area contributed by atoms with Crippen LogP contribution in [0.3, 0.4) is 0 Å². The molecule has 0 fully saturated rings. The van der Waals surface area contributed by atoms with E-state index in [1.807, 2.05) is 35.2 Å². The first-order chi connectivity index (χ1) is 13.5. The summed E-state index contributed by atoms with van der Waals surface area (Å²) < 4.78 is 43.3. The van der Waals surface area contributed by atoms with Crippen molar-refractivity contribution in [2.75, 3.05) is 4.90 Å². The lowest BCUT2D eigenvalue weighted by Gasteiger charge is -2.30. The Bertz CT molecular complexity index is 1130. The topological polar surface area (TPSA) is 49.7 Å². The minimum Gasteiger partial charge on any atom is -0.315 e. The Kier molecular flexibility index (Phi) is 5.19. The van der Waals surface area contributed by atoms with E-state index in [9.17, 15) is 12.8 Å². The van der Waals surface area contributed by atoms with Crippen molar-refractivity contribution in [1.29, 1.82) is 0 Å². The van der Waals surface area contributed by atoms with Crippen LogP contribution in [0.4, 0.5) is 10.1 Å². The molecule has 142 valence electrons. The van der Waals surface area contributed by atoms with Crippen LogP contribution >= 0.6 is 11.8 Å². The van der Waals surface area contributed by atoms with Gasteiger partial charge in [-0.25, -0.2) is 4.39 Å². The molecule has 0 saturated heterocycles. The van der Waals surface area contributed by atoms with E-state index < -0.39 is 10.0 Å². The molecule has 7 heteroatoms. The van der Waals surface area contributed by atoms with Crippen molar-refractivity contribution >= 4 is 32.6 Å². The summed E-state index contributed by atoms with van der Waals surface area (Å²) in [5.41, 5.74) is 2.11. The third-order valence-corrected chi connectivity index (χ3v) is 6.82. The second-order valence-corrected chi connectivity index (χ2v) is 8.78. The largest absolute Gasteiger partial charge is 0.315 e. The van der Waals surface area contributed by atoms with E-state index in [-0.39, 0.29) is 16.5 Å². The number of anilines is 1. The fourth-order valence-electron chi connectivity index (χ4n) is 2.98. The molecule has 0 amide bonds. The van der Waals surface area contributed by atoms with Gasteiger partial charge in [0.25, 0.3) is 10.0 Å². The van der Waals surface area contributed by atoms with Crippen LogP contribution in [0.15, 0.2) is 88.2 Å². The lowest BCUT2D eigenvalue weighted by atomic mass is 10.2. The lowest BCUT2D eigenvalue weighted by Crippen LogP contribution is -2.33. The number of hydrogen-bond acceptors (Lipinski definition) is 4. The Labute approximate surface area is 167 Å². The first kappa shape index (κ1) is 18.7.